The first kappa shape index (κ1) is 29.7. The molecular formula is C35H56. The maximum atomic E-state index is 2.55. The monoisotopic (exact) mass is 476 g/mol. The molecule has 0 spiro atoms. The zero-order chi connectivity index (χ0) is 27.4. The van der Waals surface area contributed by atoms with Crippen molar-refractivity contribution in [1.82, 2.24) is 0 Å². The summed E-state index contributed by atoms with van der Waals surface area (Å²) in [4.78, 5) is 0. The Morgan fingerprint density at radius 2 is 1.00 bits per heavy atom. The van der Waals surface area contributed by atoms with Gasteiger partial charge >= 0.3 is 0 Å². The molecule has 1 atom stereocenters. The van der Waals surface area contributed by atoms with Gasteiger partial charge in [-0.2, -0.15) is 0 Å². The molecule has 0 nitrogen and oxygen atoms in total. The second-order valence-electron chi connectivity index (χ2n) is 16.2. The standard InChI is InChI=1S/C35H56/c1-23(19-24-20-25(31(2,3)4)17-18-28(24)33(8,9)10)27-21-26(32(5,6)7)22-29(34(11,12)13)30(27)35(14,15)16/h17-18,20-23H,19H2,1-16H3. The van der Waals surface area contributed by atoms with Gasteiger partial charge in [-0.3, -0.25) is 0 Å². The summed E-state index contributed by atoms with van der Waals surface area (Å²) in [5.74, 6) is 0.434. The number of hydrogen-bond donors (Lipinski definition) is 0. The molecule has 0 saturated carbocycles. The summed E-state index contributed by atoms with van der Waals surface area (Å²) < 4.78 is 0. The van der Waals surface area contributed by atoms with Crippen LogP contribution in [0.4, 0.5) is 0 Å². The van der Waals surface area contributed by atoms with E-state index in [0.717, 1.165) is 6.42 Å². The zero-order valence-corrected chi connectivity index (χ0v) is 26.2. The largest absolute Gasteiger partial charge is 0.0582 e. The van der Waals surface area contributed by atoms with E-state index in [1.165, 1.54) is 33.4 Å². The van der Waals surface area contributed by atoms with Crippen molar-refractivity contribution in [3.05, 3.63) is 69.3 Å². The fraction of sp³-hybridized carbons (Fsp3) is 0.657. The maximum Gasteiger partial charge on any atom is -0.0126 e. The summed E-state index contributed by atoms with van der Waals surface area (Å²) in [6.07, 6.45) is 1.07. The lowest BCUT2D eigenvalue weighted by atomic mass is 9.68. The van der Waals surface area contributed by atoms with Crippen molar-refractivity contribution in [2.24, 2.45) is 0 Å². The SMILES string of the molecule is CC(Cc1cc(C(C)(C)C)ccc1C(C)(C)C)c1cc(C(C)(C)C)cc(C(C)(C)C)c1C(C)(C)C. The van der Waals surface area contributed by atoms with Crippen LogP contribution in [0.3, 0.4) is 0 Å². The van der Waals surface area contributed by atoms with Crippen molar-refractivity contribution < 1.29 is 0 Å². The molecule has 0 N–H and O–H groups in total. The molecule has 1 unspecified atom stereocenters. The number of rotatable bonds is 3. The van der Waals surface area contributed by atoms with Crippen LogP contribution in [0.1, 0.15) is 156 Å². The van der Waals surface area contributed by atoms with Crippen LogP contribution in [0, 0.1) is 0 Å². The van der Waals surface area contributed by atoms with E-state index in [0.29, 0.717) is 5.92 Å². The highest BCUT2D eigenvalue weighted by Gasteiger charge is 2.32. The fourth-order valence-electron chi connectivity index (χ4n) is 5.32. The van der Waals surface area contributed by atoms with Crippen LogP contribution in [-0.4, -0.2) is 0 Å². The fourth-order valence-corrected chi connectivity index (χ4v) is 5.32. The summed E-state index contributed by atoms with van der Waals surface area (Å²) in [5.41, 5.74) is 11.1. The lowest BCUT2D eigenvalue weighted by Gasteiger charge is -2.37. The maximum absolute atomic E-state index is 2.55. The van der Waals surface area contributed by atoms with Crippen LogP contribution < -0.4 is 0 Å². The van der Waals surface area contributed by atoms with Crippen molar-refractivity contribution in [3.8, 4) is 0 Å². The van der Waals surface area contributed by atoms with Crippen LogP contribution in [-0.2, 0) is 33.5 Å². The Morgan fingerprint density at radius 3 is 1.40 bits per heavy atom. The lowest BCUT2D eigenvalue weighted by molar-refractivity contribution is 0.510. The molecule has 0 radical (unpaired) electrons. The van der Waals surface area contributed by atoms with Crippen LogP contribution in [0.15, 0.2) is 30.3 Å². The Balaban J connectivity index is 2.82. The van der Waals surface area contributed by atoms with Gasteiger partial charge in [-0.1, -0.05) is 141 Å². The molecule has 0 heteroatoms. The van der Waals surface area contributed by atoms with Crippen LogP contribution >= 0.6 is 0 Å². The predicted octanol–water partition coefficient (Wildman–Crippen LogP) is 10.5. The van der Waals surface area contributed by atoms with E-state index in [-0.39, 0.29) is 27.1 Å². The second kappa shape index (κ2) is 9.39. The quantitative estimate of drug-likeness (QED) is 0.413. The molecule has 196 valence electrons. The molecule has 2 rings (SSSR count). The average molecular weight is 477 g/mol. The molecule has 0 aliphatic rings. The van der Waals surface area contributed by atoms with Crippen molar-refractivity contribution in [3.63, 3.8) is 0 Å². The molecule has 0 saturated heterocycles. The van der Waals surface area contributed by atoms with Gasteiger partial charge in [0.25, 0.3) is 0 Å². The van der Waals surface area contributed by atoms with Gasteiger partial charge in [-0.05, 0) is 78.4 Å². The predicted molar refractivity (Wildman–Crippen MR) is 159 cm³/mol. The first-order chi connectivity index (χ1) is 15.4. The zero-order valence-electron chi connectivity index (χ0n) is 26.2. The van der Waals surface area contributed by atoms with Gasteiger partial charge in [0.05, 0.1) is 0 Å². The van der Waals surface area contributed by atoms with Gasteiger partial charge in [0, 0.05) is 0 Å². The molecule has 2 aromatic rings. The lowest BCUT2D eigenvalue weighted by Crippen LogP contribution is -2.27. The molecule has 0 heterocycles. The van der Waals surface area contributed by atoms with Gasteiger partial charge in [0.15, 0.2) is 0 Å². The summed E-state index contributed by atoms with van der Waals surface area (Å²) in [7, 11) is 0. The van der Waals surface area contributed by atoms with Crippen LogP contribution in [0.25, 0.3) is 0 Å². The van der Waals surface area contributed by atoms with Gasteiger partial charge in [0.2, 0.25) is 0 Å². The average Bonchev–Trinajstić information content (AvgIpc) is 2.63. The Kier molecular flexibility index (Phi) is 7.96. The highest BCUT2D eigenvalue weighted by Crippen LogP contribution is 2.43. The Labute approximate surface area is 219 Å². The third-order valence-electron chi connectivity index (χ3n) is 7.43. The van der Waals surface area contributed by atoms with E-state index in [9.17, 15) is 0 Å². The molecule has 0 fully saturated rings. The Morgan fingerprint density at radius 1 is 0.514 bits per heavy atom. The molecule has 0 aliphatic carbocycles. The third-order valence-corrected chi connectivity index (χ3v) is 7.43. The molecule has 0 bridgehead atoms. The molecule has 0 aromatic heterocycles. The molecule has 35 heavy (non-hydrogen) atoms. The summed E-state index contributed by atoms with van der Waals surface area (Å²) in [6, 6.07) is 12.3. The summed E-state index contributed by atoms with van der Waals surface area (Å²) in [6.45, 7) is 37.9. The number of hydrogen-bond acceptors (Lipinski definition) is 0. The topological polar surface area (TPSA) is 0 Å². The van der Waals surface area contributed by atoms with E-state index in [4.69, 9.17) is 0 Å². The van der Waals surface area contributed by atoms with E-state index in [2.05, 4.69) is 141 Å². The van der Waals surface area contributed by atoms with Gasteiger partial charge < -0.3 is 0 Å². The molecule has 2 aromatic carbocycles. The number of benzene rings is 2. The van der Waals surface area contributed by atoms with Gasteiger partial charge in [0.1, 0.15) is 0 Å². The first-order valence-electron chi connectivity index (χ1n) is 13.8. The molecule has 0 aliphatic heterocycles. The smallest absolute Gasteiger partial charge is 0.0126 e. The van der Waals surface area contributed by atoms with Crippen molar-refractivity contribution >= 4 is 0 Å². The normalized spacial score (nSPS) is 14.9. The third kappa shape index (κ3) is 7.02. The van der Waals surface area contributed by atoms with E-state index < -0.39 is 0 Å². The molecule has 0 amide bonds. The minimum atomic E-state index is 0.0860. The summed E-state index contributed by atoms with van der Waals surface area (Å²) in [5, 5.41) is 0. The van der Waals surface area contributed by atoms with Crippen molar-refractivity contribution in [2.45, 2.75) is 150 Å². The van der Waals surface area contributed by atoms with Crippen molar-refractivity contribution in [1.29, 1.82) is 0 Å². The van der Waals surface area contributed by atoms with E-state index in [1.807, 2.05) is 0 Å². The minimum Gasteiger partial charge on any atom is -0.0582 e. The molecular weight excluding hydrogens is 420 g/mol. The Hall–Kier alpha value is -1.56. The second-order valence-corrected chi connectivity index (χ2v) is 16.2. The van der Waals surface area contributed by atoms with Crippen molar-refractivity contribution in [2.75, 3.05) is 0 Å². The minimum absolute atomic E-state index is 0.0860. The first-order valence-corrected chi connectivity index (χ1v) is 13.8. The van der Waals surface area contributed by atoms with Gasteiger partial charge in [-0.15, -0.1) is 0 Å². The van der Waals surface area contributed by atoms with Gasteiger partial charge in [-0.25, -0.2) is 0 Å². The highest BCUT2D eigenvalue weighted by atomic mass is 14.4. The Bertz CT molecular complexity index is 1030. The summed E-state index contributed by atoms with van der Waals surface area (Å²) >= 11 is 0. The van der Waals surface area contributed by atoms with E-state index >= 15 is 0 Å². The van der Waals surface area contributed by atoms with Crippen LogP contribution in [0.2, 0.25) is 0 Å². The highest BCUT2D eigenvalue weighted by molar-refractivity contribution is 5.50. The van der Waals surface area contributed by atoms with Crippen LogP contribution in [0.5, 0.6) is 0 Å². The van der Waals surface area contributed by atoms with E-state index in [1.54, 1.807) is 5.56 Å².